The van der Waals surface area contributed by atoms with Crippen LogP contribution in [0.3, 0.4) is 0 Å². The summed E-state index contributed by atoms with van der Waals surface area (Å²) in [5, 5.41) is 6.14. The van der Waals surface area contributed by atoms with Crippen LogP contribution in [0.2, 0.25) is 0 Å². The third-order valence-electron chi connectivity index (χ3n) is 3.56. The molecule has 0 aliphatic carbocycles. The molecule has 0 bridgehead atoms. The third-order valence-corrected chi connectivity index (χ3v) is 3.56. The number of hydrogen-bond acceptors (Lipinski definition) is 2. The molecule has 1 saturated heterocycles. The topological polar surface area (TPSA) is 41.1 Å². The first kappa shape index (κ1) is 13.0. The predicted octanol–water partition coefficient (Wildman–Crippen LogP) is 2.54. The lowest BCUT2D eigenvalue weighted by Gasteiger charge is -2.26. The molecule has 0 saturated carbocycles. The number of rotatable bonds is 4. The summed E-state index contributed by atoms with van der Waals surface area (Å²) in [5.74, 6) is -0.250. The van der Waals surface area contributed by atoms with Crippen LogP contribution in [0.1, 0.15) is 26.2 Å². The molecule has 0 spiro atoms. The molecule has 4 heteroatoms. The summed E-state index contributed by atoms with van der Waals surface area (Å²) in [5.41, 5.74) is 0.354. The van der Waals surface area contributed by atoms with Crippen LogP contribution < -0.4 is 10.6 Å². The van der Waals surface area contributed by atoms with E-state index in [1.54, 1.807) is 12.1 Å². The largest absolute Gasteiger partial charge is 0.326 e. The number of anilines is 1. The molecule has 1 heterocycles. The average Bonchev–Trinajstić information content (AvgIpc) is 2.82. The number of benzene rings is 1. The standard InChI is InChI=1S/C14H19FN2O/c1-2-7-14(8-9-16-10-14)13(18)17-12-5-3-11(15)4-6-12/h3-6,16H,2,7-10H2,1H3,(H,17,18). The molecule has 2 rings (SSSR count). The Kier molecular flexibility index (Phi) is 3.97. The molecule has 1 aliphatic heterocycles. The smallest absolute Gasteiger partial charge is 0.231 e. The van der Waals surface area contributed by atoms with Gasteiger partial charge in [0, 0.05) is 12.2 Å². The maximum atomic E-state index is 12.8. The van der Waals surface area contributed by atoms with Gasteiger partial charge in [-0.1, -0.05) is 13.3 Å². The summed E-state index contributed by atoms with van der Waals surface area (Å²) >= 11 is 0. The highest BCUT2D eigenvalue weighted by Gasteiger charge is 2.40. The second-order valence-electron chi connectivity index (χ2n) is 4.92. The summed E-state index contributed by atoms with van der Waals surface area (Å²) in [4.78, 5) is 12.4. The third kappa shape index (κ3) is 2.70. The Labute approximate surface area is 107 Å². The fourth-order valence-corrected chi connectivity index (χ4v) is 2.54. The van der Waals surface area contributed by atoms with E-state index in [1.165, 1.54) is 12.1 Å². The van der Waals surface area contributed by atoms with Crippen molar-refractivity contribution in [1.82, 2.24) is 5.32 Å². The first-order chi connectivity index (χ1) is 8.66. The van der Waals surface area contributed by atoms with Crippen LogP contribution in [0, 0.1) is 11.2 Å². The van der Waals surface area contributed by atoms with Crippen molar-refractivity contribution in [2.75, 3.05) is 18.4 Å². The van der Waals surface area contributed by atoms with Crippen molar-refractivity contribution in [3.8, 4) is 0 Å². The molecular weight excluding hydrogens is 231 g/mol. The minimum atomic E-state index is -0.302. The molecule has 98 valence electrons. The van der Waals surface area contributed by atoms with E-state index in [0.717, 1.165) is 32.4 Å². The van der Waals surface area contributed by atoms with Crippen molar-refractivity contribution in [2.45, 2.75) is 26.2 Å². The van der Waals surface area contributed by atoms with E-state index >= 15 is 0 Å². The molecule has 1 fully saturated rings. The van der Waals surface area contributed by atoms with Gasteiger partial charge in [0.25, 0.3) is 0 Å². The highest BCUT2D eigenvalue weighted by atomic mass is 19.1. The van der Waals surface area contributed by atoms with Crippen molar-refractivity contribution in [3.63, 3.8) is 0 Å². The summed E-state index contributed by atoms with van der Waals surface area (Å²) < 4.78 is 12.8. The van der Waals surface area contributed by atoms with E-state index in [0.29, 0.717) is 5.69 Å². The van der Waals surface area contributed by atoms with Gasteiger partial charge in [-0.05, 0) is 43.7 Å². The fourth-order valence-electron chi connectivity index (χ4n) is 2.54. The van der Waals surface area contributed by atoms with E-state index in [9.17, 15) is 9.18 Å². The molecule has 1 amide bonds. The zero-order chi connectivity index (χ0) is 13.0. The Morgan fingerprint density at radius 1 is 1.44 bits per heavy atom. The average molecular weight is 250 g/mol. The van der Waals surface area contributed by atoms with E-state index < -0.39 is 0 Å². The lowest BCUT2D eigenvalue weighted by Crippen LogP contribution is -2.38. The van der Waals surface area contributed by atoms with Gasteiger partial charge < -0.3 is 10.6 Å². The molecule has 0 radical (unpaired) electrons. The minimum absolute atomic E-state index is 0.0426. The van der Waals surface area contributed by atoms with Gasteiger partial charge in [-0.3, -0.25) is 4.79 Å². The van der Waals surface area contributed by atoms with Crippen molar-refractivity contribution >= 4 is 11.6 Å². The van der Waals surface area contributed by atoms with Crippen molar-refractivity contribution in [2.24, 2.45) is 5.41 Å². The number of amides is 1. The number of carbonyl (C=O) groups excluding carboxylic acids is 1. The molecule has 0 aromatic heterocycles. The summed E-state index contributed by atoms with van der Waals surface area (Å²) in [6.45, 7) is 3.70. The molecular formula is C14H19FN2O. The van der Waals surface area contributed by atoms with Crippen LogP contribution in [0.15, 0.2) is 24.3 Å². The highest BCUT2D eigenvalue weighted by Crippen LogP contribution is 2.32. The maximum absolute atomic E-state index is 12.8. The van der Waals surface area contributed by atoms with E-state index in [4.69, 9.17) is 0 Å². The Bertz CT molecular complexity index is 410. The van der Waals surface area contributed by atoms with E-state index in [-0.39, 0.29) is 17.1 Å². The van der Waals surface area contributed by atoms with Crippen molar-refractivity contribution in [3.05, 3.63) is 30.1 Å². The van der Waals surface area contributed by atoms with Gasteiger partial charge in [0.2, 0.25) is 5.91 Å². The summed E-state index contributed by atoms with van der Waals surface area (Å²) in [6.07, 6.45) is 2.74. The van der Waals surface area contributed by atoms with Crippen LogP contribution in [0.4, 0.5) is 10.1 Å². The number of hydrogen-bond donors (Lipinski definition) is 2. The van der Waals surface area contributed by atoms with Crippen molar-refractivity contribution in [1.29, 1.82) is 0 Å². The summed E-state index contributed by atoms with van der Waals surface area (Å²) in [7, 11) is 0. The molecule has 2 N–H and O–H groups in total. The lowest BCUT2D eigenvalue weighted by molar-refractivity contribution is -0.125. The van der Waals surface area contributed by atoms with Crippen LogP contribution in [0.5, 0.6) is 0 Å². The number of nitrogens with one attached hydrogen (secondary N) is 2. The Morgan fingerprint density at radius 2 is 2.17 bits per heavy atom. The highest BCUT2D eigenvalue weighted by molar-refractivity contribution is 5.95. The normalized spacial score (nSPS) is 23.0. The van der Waals surface area contributed by atoms with Gasteiger partial charge in [0.15, 0.2) is 0 Å². The molecule has 1 aliphatic rings. The Balaban J connectivity index is 2.07. The quantitative estimate of drug-likeness (QED) is 0.862. The van der Waals surface area contributed by atoms with Gasteiger partial charge in [-0.25, -0.2) is 4.39 Å². The molecule has 1 aromatic carbocycles. The van der Waals surface area contributed by atoms with Crippen molar-refractivity contribution < 1.29 is 9.18 Å². The van der Waals surface area contributed by atoms with Crippen LogP contribution >= 0.6 is 0 Å². The van der Waals surface area contributed by atoms with Gasteiger partial charge in [-0.2, -0.15) is 0 Å². The van der Waals surface area contributed by atoms with Crippen LogP contribution in [0.25, 0.3) is 0 Å². The molecule has 18 heavy (non-hydrogen) atoms. The van der Waals surface area contributed by atoms with Gasteiger partial charge in [0.1, 0.15) is 5.82 Å². The second kappa shape index (κ2) is 5.48. The number of carbonyl (C=O) groups is 1. The first-order valence-electron chi connectivity index (χ1n) is 6.44. The van der Waals surface area contributed by atoms with Gasteiger partial charge >= 0.3 is 0 Å². The number of halogens is 1. The van der Waals surface area contributed by atoms with E-state index in [2.05, 4.69) is 17.6 Å². The van der Waals surface area contributed by atoms with Gasteiger partial charge in [-0.15, -0.1) is 0 Å². The Hall–Kier alpha value is -1.42. The maximum Gasteiger partial charge on any atom is 0.231 e. The lowest BCUT2D eigenvalue weighted by atomic mass is 9.81. The second-order valence-corrected chi connectivity index (χ2v) is 4.92. The van der Waals surface area contributed by atoms with Crippen LogP contribution in [-0.2, 0) is 4.79 Å². The summed E-state index contributed by atoms with van der Waals surface area (Å²) in [6, 6.07) is 5.90. The SMILES string of the molecule is CCCC1(C(=O)Nc2ccc(F)cc2)CCNC1. The minimum Gasteiger partial charge on any atom is -0.326 e. The zero-order valence-corrected chi connectivity index (χ0v) is 10.6. The predicted molar refractivity (Wildman–Crippen MR) is 69.9 cm³/mol. The van der Waals surface area contributed by atoms with E-state index in [1.807, 2.05) is 0 Å². The zero-order valence-electron chi connectivity index (χ0n) is 10.6. The molecule has 1 aromatic rings. The first-order valence-corrected chi connectivity index (χ1v) is 6.44. The monoisotopic (exact) mass is 250 g/mol. The van der Waals surface area contributed by atoms with Gasteiger partial charge in [0.05, 0.1) is 5.41 Å². The Morgan fingerprint density at radius 3 is 2.72 bits per heavy atom. The molecule has 3 nitrogen and oxygen atoms in total. The molecule has 1 unspecified atom stereocenters. The fraction of sp³-hybridized carbons (Fsp3) is 0.500. The molecule has 1 atom stereocenters. The van der Waals surface area contributed by atoms with Crippen LogP contribution in [-0.4, -0.2) is 19.0 Å².